The summed E-state index contributed by atoms with van der Waals surface area (Å²) in [5, 5.41) is 8.48. The topological polar surface area (TPSA) is 63.2 Å². The van der Waals surface area contributed by atoms with Crippen LogP contribution < -0.4 is 15.4 Å². The number of amides is 1. The van der Waals surface area contributed by atoms with E-state index in [2.05, 4.69) is 15.6 Å². The van der Waals surface area contributed by atoms with Crippen molar-refractivity contribution in [3.8, 4) is 5.75 Å². The number of anilines is 2. The van der Waals surface area contributed by atoms with Crippen LogP contribution in [0.5, 0.6) is 5.75 Å². The lowest BCUT2D eigenvalue weighted by Gasteiger charge is -2.17. The second-order valence-electron chi connectivity index (χ2n) is 4.58. The maximum Gasteiger partial charge on any atom is 0.248 e. The molecule has 5 nitrogen and oxygen atoms in total. The summed E-state index contributed by atoms with van der Waals surface area (Å²) in [6, 6.07) is 7.18. The molecule has 112 valence electrons. The number of aromatic nitrogens is 1. The summed E-state index contributed by atoms with van der Waals surface area (Å²) in [7, 11) is 0. The van der Waals surface area contributed by atoms with E-state index < -0.39 is 6.04 Å². The van der Waals surface area contributed by atoms with Gasteiger partial charge in [-0.2, -0.15) is 0 Å². The molecule has 1 heterocycles. The Labute approximate surface area is 128 Å². The van der Waals surface area contributed by atoms with Crippen LogP contribution in [0.15, 0.2) is 29.6 Å². The fourth-order valence-electron chi connectivity index (χ4n) is 1.79. The predicted molar refractivity (Wildman–Crippen MR) is 86.2 cm³/mol. The Morgan fingerprint density at radius 2 is 2.19 bits per heavy atom. The van der Waals surface area contributed by atoms with Crippen molar-refractivity contribution in [2.75, 3.05) is 17.2 Å². The van der Waals surface area contributed by atoms with E-state index in [1.807, 2.05) is 43.5 Å². The second kappa shape index (κ2) is 7.08. The average Bonchev–Trinajstić information content (AvgIpc) is 2.86. The van der Waals surface area contributed by atoms with Gasteiger partial charge in [-0.3, -0.25) is 4.79 Å². The molecule has 0 saturated heterocycles. The first kappa shape index (κ1) is 15.3. The molecule has 0 aliphatic carbocycles. The minimum atomic E-state index is -0.393. The molecule has 2 N–H and O–H groups in total. The molecule has 1 atom stereocenters. The van der Waals surface area contributed by atoms with Crippen LogP contribution in [0, 0.1) is 6.92 Å². The highest BCUT2D eigenvalue weighted by molar-refractivity contribution is 7.13. The Kier molecular flexibility index (Phi) is 5.16. The van der Waals surface area contributed by atoms with E-state index in [1.54, 1.807) is 6.92 Å². The Morgan fingerprint density at radius 3 is 2.86 bits per heavy atom. The number of hydrogen-bond acceptors (Lipinski definition) is 5. The fourth-order valence-corrected chi connectivity index (χ4v) is 2.48. The van der Waals surface area contributed by atoms with E-state index in [9.17, 15) is 4.79 Å². The van der Waals surface area contributed by atoms with Gasteiger partial charge in [0, 0.05) is 5.38 Å². The summed E-state index contributed by atoms with van der Waals surface area (Å²) in [6.07, 6.45) is 0. The number of nitrogens with zero attached hydrogens (tertiary/aromatic N) is 1. The molecule has 0 aliphatic rings. The molecule has 0 bridgehead atoms. The quantitative estimate of drug-likeness (QED) is 0.859. The third-order valence-corrected chi connectivity index (χ3v) is 3.68. The van der Waals surface area contributed by atoms with Crippen molar-refractivity contribution in [1.29, 1.82) is 0 Å². The average molecular weight is 305 g/mol. The summed E-state index contributed by atoms with van der Waals surface area (Å²) in [5.41, 5.74) is 1.70. The summed E-state index contributed by atoms with van der Waals surface area (Å²) in [5.74, 6) is 0.611. The van der Waals surface area contributed by atoms with Crippen LogP contribution in [-0.4, -0.2) is 23.5 Å². The molecule has 1 aromatic heterocycles. The maximum absolute atomic E-state index is 12.1. The van der Waals surface area contributed by atoms with Crippen LogP contribution in [0.25, 0.3) is 0 Å². The standard InChI is InChI=1S/C15H19N3O2S/c1-4-20-13-8-6-5-7-12(13)17-11(3)14(19)18-15-16-10(2)9-21-15/h5-9,11,17H,4H2,1-3H3,(H,16,18,19). The molecule has 21 heavy (non-hydrogen) atoms. The molecule has 0 saturated carbocycles. The summed E-state index contributed by atoms with van der Waals surface area (Å²) < 4.78 is 5.53. The van der Waals surface area contributed by atoms with Crippen molar-refractivity contribution in [2.24, 2.45) is 0 Å². The molecule has 0 spiro atoms. The third-order valence-electron chi connectivity index (χ3n) is 2.80. The molecule has 1 amide bonds. The third kappa shape index (κ3) is 4.19. The highest BCUT2D eigenvalue weighted by atomic mass is 32.1. The van der Waals surface area contributed by atoms with Crippen molar-refractivity contribution < 1.29 is 9.53 Å². The highest BCUT2D eigenvalue weighted by Crippen LogP contribution is 2.24. The van der Waals surface area contributed by atoms with Crippen LogP contribution in [0.4, 0.5) is 10.8 Å². The second-order valence-corrected chi connectivity index (χ2v) is 5.44. The number of ether oxygens (including phenoxy) is 1. The summed E-state index contributed by atoms with van der Waals surface area (Å²) in [6.45, 7) is 6.21. The largest absolute Gasteiger partial charge is 0.492 e. The lowest BCUT2D eigenvalue weighted by Crippen LogP contribution is -2.32. The molecule has 1 unspecified atom stereocenters. The molecule has 0 radical (unpaired) electrons. The van der Waals surface area contributed by atoms with Crippen molar-refractivity contribution in [1.82, 2.24) is 4.98 Å². The van der Waals surface area contributed by atoms with Gasteiger partial charge in [0.1, 0.15) is 11.8 Å². The van der Waals surface area contributed by atoms with Crippen molar-refractivity contribution in [3.05, 3.63) is 35.3 Å². The van der Waals surface area contributed by atoms with Crippen LogP contribution >= 0.6 is 11.3 Å². The van der Waals surface area contributed by atoms with E-state index in [0.717, 1.165) is 17.1 Å². The van der Waals surface area contributed by atoms with Gasteiger partial charge in [0.05, 0.1) is 18.0 Å². The van der Waals surface area contributed by atoms with Gasteiger partial charge in [-0.25, -0.2) is 4.98 Å². The molecular formula is C15H19N3O2S. The van der Waals surface area contributed by atoms with Crippen molar-refractivity contribution >= 4 is 28.1 Å². The molecule has 1 aromatic carbocycles. The first-order valence-corrected chi connectivity index (χ1v) is 7.69. The lowest BCUT2D eigenvalue weighted by molar-refractivity contribution is -0.116. The Bertz CT molecular complexity index is 612. The Balaban J connectivity index is 2.00. The van der Waals surface area contributed by atoms with E-state index >= 15 is 0 Å². The number of hydrogen-bond donors (Lipinski definition) is 2. The first-order chi connectivity index (χ1) is 10.1. The van der Waals surface area contributed by atoms with Crippen LogP contribution in [0.1, 0.15) is 19.5 Å². The maximum atomic E-state index is 12.1. The van der Waals surface area contributed by atoms with E-state index in [-0.39, 0.29) is 5.91 Å². The lowest BCUT2D eigenvalue weighted by atomic mass is 10.2. The minimum absolute atomic E-state index is 0.129. The molecule has 0 aliphatic heterocycles. The van der Waals surface area contributed by atoms with Crippen molar-refractivity contribution in [3.63, 3.8) is 0 Å². The van der Waals surface area contributed by atoms with E-state index in [4.69, 9.17) is 4.74 Å². The number of benzene rings is 1. The normalized spacial score (nSPS) is 11.8. The van der Waals surface area contributed by atoms with Gasteiger partial charge in [0.15, 0.2) is 5.13 Å². The van der Waals surface area contributed by atoms with Crippen LogP contribution in [0.3, 0.4) is 0 Å². The van der Waals surface area contributed by atoms with E-state index in [1.165, 1.54) is 11.3 Å². The Hall–Kier alpha value is -2.08. The zero-order valence-corrected chi connectivity index (χ0v) is 13.2. The predicted octanol–water partition coefficient (Wildman–Crippen LogP) is 3.29. The number of carbonyl (C=O) groups excluding carboxylic acids is 1. The van der Waals surface area contributed by atoms with E-state index in [0.29, 0.717) is 11.7 Å². The van der Waals surface area contributed by atoms with Gasteiger partial charge < -0.3 is 15.4 Å². The van der Waals surface area contributed by atoms with Gasteiger partial charge in [0.25, 0.3) is 0 Å². The zero-order chi connectivity index (χ0) is 15.2. The summed E-state index contributed by atoms with van der Waals surface area (Å²) >= 11 is 1.42. The number of carbonyl (C=O) groups is 1. The SMILES string of the molecule is CCOc1ccccc1NC(C)C(=O)Nc1nc(C)cs1. The smallest absolute Gasteiger partial charge is 0.248 e. The number of nitrogens with one attached hydrogen (secondary N) is 2. The van der Waals surface area contributed by atoms with Gasteiger partial charge in [-0.05, 0) is 32.9 Å². The highest BCUT2D eigenvalue weighted by Gasteiger charge is 2.15. The van der Waals surface area contributed by atoms with Gasteiger partial charge >= 0.3 is 0 Å². The molecule has 2 aromatic rings. The first-order valence-electron chi connectivity index (χ1n) is 6.81. The zero-order valence-electron chi connectivity index (χ0n) is 12.3. The minimum Gasteiger partial charge on any atom is -0.492 e. The monoisotopic (exact) mass is 305 g/mol. The molecule has 6 heteroatoms. The fraction of sp³-hybridized carbons (Fsp3) is 0.333. The van der Waals surface area contributed by atoms with Gasteiger partial charge in [-0.15, -0.1) is 11.3 Å². The number of rotatable bonds is 6. The number of aryl methyl sites for hydroxylation is 1. The Morgan fingerprint density at radius 1 is 1.43 bits per heavy atom. The van der Waals surface area contributed by atoms with Crippen molar-refractivity contribution in [2.45, 2.75) is 26.8 Å². The number of thiazole rings is 1. The molecule has 2 rings (SSSR count). The van der Waals surface area contributed by atoms with Gasteiger partial charge in [0.2, 0.25) is 5.91 Å². The van der Waals surface area contributed by atoms with Crippen LogP contribution in [0.2, 0.25) is 0 Å². The molecular weight excluding hydrogens is 286 g/mol. The number of para-hydroxylation sites is 2. The van der Waals surface area contributed by atoms with Gasteiger partial charge in [-0.1, -0.05) is 12.1 Å². The van der Waals surface area contributed by atoms with Crippen LogP contribution in [-0.2, 0) is 4.79 Å². The summed E-state index contributed by atoms with van der Waals surface area (Å²) in [4.78, 5) is 16.4. The molecule has 0 fully saturated rings.